The first-order chi connectivity index (χ1) is 23.1. The van der Waals surface area contributed by atoms with E-state index in [1.165, 1.54) is 71.4 Å². The molecule has 0 fully saturated rings. The number of nitrogens with zero attached hydrogens (tertiary/aromatic N) is 1. The standard InChI is InChI=1S/C45H31NO/c1-45(2)35-18-7-6-14-33(35)42-36(45)19-11-21-38(42)46(30-26-24-29(25-27-30)28-12-4-3-5-13-28)37-20-8-15-31-32-16-9-22-39-43(32)44-34(41(31)37)17-10-23-40(44)47-39/h3-27H,1-2H3. The van der Waals surface area contributed by atoms with Gasteiger partial charge in [0.25, 0.3) is 0 Å². The van der Waals surface area contributed by atoms with E-state index in [0.717, 1.165) is 22.5 Å². The van der Waals surface area contributed by atoms with Crippen molar-refractivity contribution in [2.45, 2.75) is 19.3 Å². The number of anilines is 3. The van der Waals surface area contributed by atoms with Crippen LogP contribution in [-0.2, 0) is 5.41 Å². The van der Waals surface area contributed by atoms with Crippen molar-refractivity contribution >= 4 is 60.5 Å². The van der Waals surface area contributed by atoms with E-state index in [4.69, 9.17) is 4.42 Å². The summed E-state index contributed by atoms with van der Waals surface area (Å²) in [5, 5.41) is 7.30. The molecular formula is C45H31NO. The molecule has 2 nitrogen and oxygen atoms in total. The molecule has 1 aliphatic rings. The Morgan fingerprint density at radius 1 is 0.447 bits per heavy atom. The van der Waals surface area contributed by atoms with E-state index in [1.54, 1.807) is 0 Å². The van der Waals surface area contributed by atoms with Gasteiger partial charge >= 0.3 is 0 Å². The smallest absolute Gasteiger partial charge is 0.136 e. The average Bonchev–Trinajstić information content (AvgIpc) is 3.62. The molecule has 8 aromatic carbocycles. The van der Waals surface area contributed by atoms with Gasteiger partial charge in [-0.25, -0.2) is 0 Å². The van der Waals surface area contributed by atoms with E-state index in [2.05, 4.69) is 170 Å². The predicted molar refractivity (Wildman–Crippen MR) is 198 cm³/mol. The SMILES string of the molecule is CC1(C)c2ccccc2-c2c(N(c3ccc(-c4ccccc4)cc3)c3cccc4c5cccc6oc7cccc(c34)c7c65)cccc21. The van der Waals surface area contributed by atoms with Gasteiger partial charge < -0.3 is 9.32 Å². The lowest BCUT2D eigenvalue weighted by Crippen LogP contribution is -2.16. The maximum atomic E-state index is 6.42. The number of hydrogen-bond acceptors (Lipinski definition) is 2. The molecule has 47 heavy (non-hydrogen) atoms. The van der Waals surface area contributed by atoms with Crippen molar-refractivity contribution in [2.24, 2.45) is 0 Å². The van der Waals surface area contributed by atoms with Gasteiger partial charge in [-0.05, 0) is 80.4 Å². The van der Waals surface area contributed by atoms with Crippen molar-refractivity contribution in [1.82, 2.24) is 0 Å². The van der Waals surface area contributed by atoms with Gasteiger partial charge in [0.1, 0.15) is 11.2 Å². The fraction of sp³-hybridized carbons (Fsp3) is 0.0667. The molecule has 2 heteroatoms. The number of rotatable bonds is 4. The average molecular weight is 602 g/mol. The van der Waals surface area contributed by atoms with Gasteiger partial charge in [0.15, 0.2) is 0 Å². The van der Waals surface area contributed by atoms with Crippen molar-refractivity contribution < 1.29 is 4.42 Å². The van der Waals surface area contributed by atoms with Gasteiger partial charge in [0, 0.05) is 32.8 Å². The number of fused-ring (bicyclic) bond motifs is 6. The molecule has 0 N–H and O–H groups in total. The van der Waals surface area contributed by atoms with Gasteiger partial charge in [-0.1, -0.05) is 129 Å². The Balaban J connectivity index is 1.32. The summed E-state index contributed by atoms with van der Waals surface area (Å²) in [7, 11) is 0. The van der Waals surface area contributed by atoms with Crippen LogP contribution in [0.2, 0.25) is 0 Å². The maximum Gasteiger partial charge on any atom is 0.136 e. The molecule has 1 heterocycles. The third-order valence-corrected chi connectivity index (χ3v) is 10.4. The van der Waals surface area contributed by atoms with Crippen molar-refractivity contribution in [3.05, 3.63) is 163 Å². The summed E-state index contributed by atoms with van der Waals surface area (Å²) in [4.78, 5) is 2.49. The van der Waals surface area contributed by atoms with Crippen molar-refractivity contribution in [3.8, 4) is 22.3 Å². The molecule has 0 saturated heterocycles. The van der Waals surface area contributed by atoms with Crippen molar-refractivity contribution in [2.75, 3.05) is 4.90 Å². The van der Waals surface area contributed by atoms with Crippen molar-refractivity contribution in [3.63, 3.8) is 0 Å². The lowest BCUT2D eigenvalue weighted by atomic mass is 9.82. The highest BCUT2D eigenvalue weighted by Gasteiger charge is 2.38. The van der Waals surface area contributed by atoms with Crippen LogP contribution >= 0.6 is 0 Å². The lowest BCUT2D eigenvalue weighted by molar-refractivity contribution is 0.660. The monoisotopic (exact) mass is 601 g/mol. The van der Waals surface area contributed by atoms with E-state index in [1.807, 2.05) is 0 Å². The summed E-state index contributed by atoms with van der Waals surface area (Å²) in [5.41, 5.74) is 13.0. The first-order valence-electron chi connectivity index (χ1n) is 16.4. The summed E-state index contributed by atoms with van der Waals surface area (Å²) < 4.78 is 6.42. The first-order valence-corrected chi connectivity index (χ1v) is 16.4. The molecule has 0 radical (unpaired) electrons. The normalized spacial score (nSPS) is 13.5. The highest BCUT2D eigenvalue weighted by Crippen LogP contribution is 2.55. The van der Waals surface area contributed by atoms with E-state index >= 15 is 0 Å². The second kappa shape index (κ2) is 9.57. The highest BCUT2D eigenvalue weighted by molar-refractivity contribution is 6.35. The number of benzene rings is 8. The van der Waals surface area contributed by atoms with Crippen LogP contribution in [0, 0.1) is 0 Å². The Labute approximate surface area is 273 Å². The zero-order valence-electron chi connectivity index (χ0n) is 26.3. The summed E-state index contributed by atoms with van der Waals surface area (Å²) in [6.45, 7) is 4.71. The molecule has 0 spiro atoms. The number of furan rings is 1. The van der Waals surface area contributed by atoms with E-state index in [9.17, 15) is 0 Å². The molecule has 0 bridgehead atoms. The largest absolute Gasteiger partial charge is 0.456 e. The Kier molecular flexibility index (Phi) is 5.37. The van der Waals surface area contributed by atoms with Gasteiger partial charge in [-0.2, -0.15) is 0 Å². The molecule has 1 aliphatic carbocycles. The van der Waals surface area contributed by atoms with Crippen LogP contribution in [-0.4, -0.2) is 0 Å². The molecule has 222 valence electrons. The van der Waals surface area contributed by atoms with Gasteiger partial charge in [-0.15, -0.1) is 0 Å². The second-order valence-corrected chi connectivity index (χ2v) is 13.3. The summed E-state index contributed by atoms with van der Waals surface area (Å²) in [6.07, 6.45) is 0. The topological polar surface area (TPSA) is 16.4 Å². The van der Waals surface area contributed by atoms with Crippen LogP contribution in [0.1, 0.15) is 25.0 Å². The quantitative estimate of drug-likeness (QED) is 0.187. The van der Waals surface area contributed by atoms with Crippen LogP contribution in [0.3, 0.4) is 0 Å². The van der Waals surface area contributed by atoms with E-state index in [0.29, 0.717) is 0 Å². The maximum absolute atomic E-state index is 6.42. The molecule has 10 rings (SSSR count). The van der Waals surface area contributed by atoms with Crippen molar-refractivity contribution in [1.29, 1.82) is 0 Å². The predicted octanol–water partition coefficient (Wildman–Crippen LogP) is 12.8. The molecule has 0 unspecified atom stereocenters. The Morgan fingerprint density at radius 3 is 1.81 bits per heavy atom. The highest BCUT2D eigenvalue weighted by atomic mass is 16.3. The molecule has 0 amide bonds. The summed E-state index contributed by atoms with van der Waals surface area (Å²) in [5.74, 6) is 0. The minimum atomic E-state index is -0.103. The van der Waals surface area contributed by atoms with E-state index < -0.39 is 0 Å². The second-order valence-electron chi connectivity index (χ2n) is 13.3. The van der Waals surface area contributed by atoms with Gasteiger partial charge in [-0.3, -0.25) is 0 Å². The van der Waals surface area contributed by atoms with Crippen LogP contribution < -0.4 is 4.90 Å². The Hall–Kier alpha value is -5.86. The van der Waals surface area contributed by atoms with Crippen LogP contribution in [0.15, 0.2) is 156 Å². The zero-order valence-corrected chi connectivity index (χ0v) is 26.3. The van der Waals surface area contributed by atoms with Gasteiger partial charge in [0.2, 0.25) is 0 Å². The van der Waals surface area contributed by atoms with Crippen LogP contribution in [0.4, 0.5) is 17.1 Å². The van der Waals surface area contributed by atoms with Crippen LogP contribution in [0.25, 0.3) is 65.7 Å². The summed E-state index contributed by atoms with van der Waals surface area (Å²) in [6, 6.07) is 55.2. The third kappa shape index (κ3) is 3.61. The fourth-order valence-electron chi connectivity index (χ4n) is 8.30. The lowest BCUT2D eigenvalue weighted by Gasteiger charge is -2.30. The summed E-state index contributed by atoms with van der Waals surface area (Å²) >= 11 is 0. The zero-order chi connectivity index (χ0) is 31.3. The van der Waals surface area contributed by atoms with Crippen LogP contribution in [0.5, 0.6) is 0 Å². The van der Waals surface area contributed by atoms with E-state index in [-0.39, 0.29) is 5.41 Å². The Morgan fingerprint density at radius 2 is 1.02 bits per heavy atom. The molecule has 9 aromatic rings. The minimum Gasteiger partial charge on any atom is -0.456 e. The Bertz CT molecular complexity index is 2640. The number of hydrogen-bond donors (Lipinski definition) is 0. The molecule has 0 atom stereocenters. The molecule has 0 saturated carbocycles. The molecular weight excluding hydrogens is 571 g/mol. The minimum absolute atomic E-state index is 0.103. The fourth-order valence-corrected chi connectivity index (χ4v) is 8.30. The van der Waals surface area contributed by atoms with Gasteiger partial charge in [0.05, 0.1) is 11.4 Å². The molecule has 0 aliphatic heterocycles. The molecule has 1 aromatic heterocycles. The third-order valence-electron chi connectivity index (χ3n) is 10.4. The first kappa shape index (κ1) is 26.4.